The molecule has 0 amide bonds. The number of hydrogen-bond acceptors (Lipinski definition) is 2. The number of nitrogens with zero attached hydrogens (tertiary/aromatic N) is 1. The number of benzene rings is 1. The molecular formula is C12H20N2. The van der Waals surface area contributed by atoms with Crippen molar-refractivity contribution in [1.29, 1.82) is 0 Å². The molecule has 14 heavy (non-hydrogen) atoms. The fourth-order valence-electron chi connectivity index (χ4n) is 1.54. The highest BCUT2D eigenvalue weighted by molar-refractivity contribution is 5.14. The Morgan fingerprint density at radius 2 is 1.86 bits per heavy atom. The summed E-state index contributed by atoms with van der Waals surface area (Å²) >= 11 is 0. The lowest BCUT2D eigenvalue weighted by atomic mass is 10.1. The molecule has 0 unspecified atom stereocenters. The topological polar surface area (TPSA) is 29.3 Å². The van der Waals surface area contributed by atoms with Crippen LogP contribution < -0.4 is 5.73 Å². The van der Waals surface area contributed by atoms with E-state index in [-0.39, 0.29) is 0 Å². The van der Waals surface area contributed by atoms with E-state index in [9.17, 15) is 0 Å². The van der Waals surface area contributed by atoms with Crippen molar-refractivity contribution in [2.75, 3.05) is 26.2 Å². The first-order valence-corrected chi connectivity index (χ1v) is 5.33. The maximum Gasteiger partial charge on any atom is 0.0105 e. The first-order chi connectivity index (χ1) is 6.86. The fourth-order valence-corrected chi connectivity index (χ4v) is 1.54. The summed E-state index contributed by atoms with van der Waals surface area (Å²) in [5.41, 5.74) is 6.94. The smallest absolute Gasteiger partial charge is 0.0105 e. The molecule has 0 atom stereocenters. The van der Waals surface area contributed by atoms with Gasteiger partial charge in [-0.25, -0.2) is 0 Å². The molecule has 0 radical (unpaired) electrons. The van der Waals surface area contributed by atoms with Crippen LogP contribution in [0.25, 0.3) is 0 Å². The van der Waals surface area contributed by atoms with Crippen LogP contribution in [0.15, 0.2) is 30.3 Å². The molecule has 0 spiro atoms. The van der Waals surface area contributed by atoms with Crippen molar-refractivity contribution in [3.63, 3.8) is 0 Å². The normalized spacial score (nSPS) is 10.8. The molecule has 0 saturated carbocycles. The molecule has 1 aromatic rings. The summed E-state index contributed by atoms with van der Waals surface area (Å²) in [6.07, 6.45) is 1.12. The van der Waals surface area contributed by atoms with Crippen molar-refractivity contribution in [2.45, 2.75) is 13.3 Å². The van der Waals surface area contributed by atoms with Gasteiger partial charge in [0.1, 0.15) is 0 Å². The van der Waals surface area contributed by atoms with E-state index in [2.05, 4.69) is 42.2 Å². The standard InChI is InChI=1S/C12H20N2/c1-2-14(11-9-13)10-8-12-6-4-3-5-7-12/h3-7H,2,8-11,13H2,1H3. The Balaban J connectivity index is 2.32. The summed E-state index contributed by atoms with van der Waals surface area (Å²) < 4.78 is 0. The van der Waals surface area contributed by atoms with Crippen LogP contribution in [0.3, 0.4) is 0 Å². The molecule has 2 nitrogen and oxygen atoms in total. The van der Waals surface area contributed by atoms with Gasteiger partial charge in [-0.2, -0.15) is 0 Å². The van der Waals surface area contributed by atoms with Gasteiger partial charge in [-0.15, -0.1) is 0 Å². The highest BCUT2D eigenvalue weighted by Gasteiger charge is 2.00. The van der Waals surface area contributed by atoms with Crippen molar-refractivity contribution in [3.05, 3.63) is 35.9 Å². The molecule has 2 N–H and O–H groups in total. The third-order valence-corrected chi connectivity index (χ3v) is 2.45. The summed E-state index contributed by atoms with van der Waals surface area (Å²) in [5.74, 6) is 0. The van der Waals surface area contributed by atoms with Gasteiger partial charge in [-0.05, 0) is 18.5 Å². The van der Waals surface area contributed by atoms with Gasteiger partial charge in [0, 0.05) is 19.6 Å². The van der Waals surface area contributed by atoms with Gasteiger partial charge in [0.05, 0.1) is 0 Å². The Morgan fingerprint density at radius 1 is 1.14 bits per heavy atom. The average Bonchev–Trinajstić information content (AvgIpc) is 2.25. The van der Waals surface area contributed by atoms with Gasteiger partial charge in [-0.3, -0.25) is 0 Å². The molecule has 0 aromatic heterocycles. The molecule has 1 rings (SSSR count). The van der Waals surface area contributed by atoms with E-state index < -0.39 is 0 Å². The van der Waals surface area contributed by atoms with E-state index in [1.54, 1.807) is 0 Å². The minimum Gasteiger partial charge on any atom is -0.329 e. The van der Waals surface area contributed by atoms with Crippen LogP contribution in [0.1, 0.15) is 12.5 Å². The summed E-state index contributed by atoms with van der Waals surface area (Å²) in [5, 5.41) is 0. The molecule has 2 heteroatoms. The van der Waals surface area contributed by atoms with Crippen LogP contribution in [0, 0.1) is 0 Å². The van der Waals surface area contributed by atoms with E-state index >= 15 is 0 Å². The Kier molecular flexibility index (Phi) is 5.27. The van der Waals surface area contributed by atoms with Crippen LogP contribution in [-0.2, 0) is 6.42 Å². The monoisotopic (exact) mass is 192 g/mol. The van der Waals surface area contributed by atoms with Gasteiger partial charge in [0.25, 0.3) is 0 Å². The van der Waals surface area contributed by atoms with Crippen molar-refractivity contribution in [1.82, 2.24) is 4.90 Å². The molecule has 0 aliphatic heterocycles. The predicted octanol–water partition coefficient (Wildman–Crippen LogP) is 1.51. The second-order valence-corrected chi connectivity index (χ2v) is 3.46. The predicted molar refractivity (Wildman–Crippen MR) is 61.3 cm³/mol. The van der Waals surface area contributed by atoms with Crippen molar-refractivity contribution < 1.29 is 0 Å². The lowest BCUT2D eigenvalue weighted by molar-refractivity contribution is 0.300. The fraction of sp³-hybridized carbons (Fsp3) is 0.500. The third-order valence-electron chi connectivity index (χ3n) is 2.45. The van der Waals surface area contributed by atoms with Crippen LogP contribution in [-0.4, -0.2) is 31.1 Å². The lowest BCUT2D eigenvalue weighted by Crippen LogP contribution is -2.31. The van der Waals surface area contributed by atoms with Gasteiger partial charge in [0.2, 0.25) is 0 Å². The first-order valence-electron chi connectivity index (χ1n) is 5.33. The number of rotatable bonds is 6. The Hall–Kier alpha value is -0.860. The molecule has 0 bridgehead atoms. The molecule has 1 aromatic carbocycles. The number of nitrogens with two attached hydrogens (primary N) is 1. The second kappa shape index (κ2) is 6.57. The highest BCUT2D eigenvalue weighted by Crippen LogP contribution is 2.00. The van der Waals surface area contributed by atoms with E-state index in [0.29, 0.717) is 0 Å². The quantitative estimate of drug-likeness (QED) is 0.740. The summed E-state index contributed by atoms with van der Waals surface area (Å²) in [4.78, 5) is 2.38. The molecule has 0 aliphatic rings. The largest absolute Gasteiger partial charge is 0.329 e. The number of likely N-dealkylation sites (N-methyl/N-ethyl adjacent to an activating group) is 1. The summed E-state index contributed by atoms with van der Waals surface area (Å²) in [6, 6.07) is 10.6. The molecular weight excluding hydrogens is 172 g/mol. The van der Waals surface area contributed by atoms with E-state index in [4.69, 9.17) is 5.73 Å². The van der Waals surface area contributed by atoms with Crippen molar-refractivity contribution in [2.24, 2.45) is 5.73 Å². The maximum atomic E-state index is 5.53. The Bertz CT molecular complexity index is 233. The molecule has 0 aliphatic carbocycles. The van der Waals surface area contributed by atoms with Gasteiger partial charge < -0.3 is 10.6 Å². The Morgan fingerprint density at radius 3 is 2.43 bits per heavy atom. The zero-order valence-corrected chi connectivity index (χ0v) is 8.95. The first kappa shape index (κ1) is 11.2. The van der Waals surface area contributed by atoms with Crippen molar-refractivity contribution >= 4 is 0 Å². The molecule has 0 saturated heterocycles. The lowest BCUT2D eigenvalue weighted by Gasteiger charge is -2.19. The number of hydrogen-bond donors (Lipinski definition) is 1. The zero-order chi connectivity index (χ0) is 10.2. The van der Waals surface area contributed by atoms with Crippen LogP contribution in [0.4, 0.5) is 0 Å². The molecule has 0 fully saturated rings. The van der Waals surface area contributed by atoms with Crippen LogP contribution in [0.5, 0.6) is 0 Å². The van der Waals surface area contributed by atoms with E-state index in [1.165, 1.54) is 5.56 Å². The average molecular weight is 192 g/mol. The van der Waals surface area contributed by atoms with E-state index in [0.717, 1.165) is 32.6 Å². The van der Waals surface area contributed by atoms with Crippen LogP contribution in [0.2, 0.25) is 0 Å². The maximum absolute atomic E-state index is 5.53. The zero-order valence-electron chi connectivity index (χ0n) is 8.95. The summed E-state index contributed by atoms with van der Waals surface area (Å²) in [6.45, 7) is 6.13. The second-order valence-electron chi connectivity index (χ2n) is 3.46. The third kappa shape index (κ3) is 3.90. The van der Waals surface area contributed by atoms with Gasteiger partial charge >= 0.3 is 0 Å². The SMILES string of the molecule is CCN(CCN)CCc1ccccc1. The highest BCUT2D eigenvalue weighted by atomic mass is 15.1. The van der Waals surface area contributed by atoms with Crippen LogP contribution >= 0.6 is 0 Å². The molecule has 0 heterocycles. The Labute approximate surface area is 86.7 Å². The molecule has 78 valence electrons. The van der Waals surface area contributed by atoms with Crippen molar-refractivity contribution in [3.8, 4) is 0 Å². The minimum absolute atomic E-state index is 0.753. The minimum atomic E-state index is 0.753. The van der Waals surface area contributed by atoms with Gasteiger partial charge in [0.15, 0.2) is 0 Å². The van der Waals surface area contributed by atoms with E-state index in [1.807, 2.05) is 0 Å². The summed E-state index contributed by atoms with van der Waals surface area (Å²) in [7, 11) is 0. The van der Waals surface area contributed by atoms with Gasteiger partial charge in [-0.1, -0.05) is 37.3 Å².